The van der Waals surface area contributed by atoms with Gasteiger partial charge in [0.05, 0.1) is 0 Å². The number of carbonyl (C=O) groups is 1. The first-order chi connectivity index (χ1) is 8.34. The van der Waals surface area contributed by atoms with Gasteiger partial charge in [-0.3, -0.25) is 0 Å². The van der Waals surface area contributed by atoms with Gasteiger partial charge in [0.2, 0.25) is 0 Å². The number of hydrogen-bond donors (Lipinski definition) is 0. The molecule has 0 fully saturated rings. The lowest BCUT2D eigenvalue weighted by molar-refractivity contribution is -0.129. The van der Waals surface area contributed by atoms with Crippen LogP contribution in [0.1, 0.15) is 12.5 Å². The van der Waals surface area contributed by atoms with Gasteiger partial charge in [-0.05, 0) is 23.6 Å². The Balaban J connectivity index is 2.89. The molecule has 0 bridgehead atoms. The fourth-order valence-electron chi connectivity index (χ4n) is 1.49. The van der Waals surface area contributed by atoms with E-state index < -0.39 is 13.4 Å². The third kappa shape index (κ3) is 4.31. The van der Waals surface area contributed by atoms with Crippen molar-refractivity contribution in [2.24, 2.45) is 0 Å². The highest BCUT2D eigenvalue weighted by atomic mass is 35.6. The molecule has 0 N–H and O–H groups in total. The predicted molar refractivity (Wildman–Crippen MR) is 78.7 cm³/mol. The molecular weight excluding hydrogens is 264 g/mol. The molecule has 0 amide bonds. The standard InChI is InChI=1S/C14H19ClO2Si/c1-5-14(16)17-13-9-7-6-8-12(13)10-11(2)18(3,4)15/h5-9,11H,1,10H2,2-4H3. The number of hydrogen-bond acceptors (Lipinski definition) is 2. The van der Waals surface area contributed by atoms with Gasteiger partial charge in [0, 0.05) is 6.08 Å². The van der Waals surface area contributed by atoms with Crippen molar-refractivity contribution in [3.63, 3.8) is 0 Å². The summed E-state index contributed by atoms with van der Waals surface area (Å²) in [4.78, 5) is 11.3. The Hall–Kier alpha value is -1.06. The molecule has 0 saturated carbocycles. The van der Waals surface area contributed by atoms with Crippen molar-refractivity contribution in [1.82, 2.24) is 0 Å². The summed E-state index contributed by atoms with van der Waals surface area (Å²) in [6.07, 6.45) is 1.99. The van der Waals surface area contributed by atoms with E-state index in [0.29, 0.717) is 11.3 Å². The van der Waals surface area contributed by atoms with Crippen molar-refractivity contribution in [3.8, 4) is 5.75 Å². The van der Waals surface area contributed by atoms with Gasteiger partial charge >= 0.3 is 5.97 Å². The number of rotatable bonds is 5. The quantitative estimate of drug-likeness (QED) is 0.267. The Kier molecular flexibility index (Phi) is 5.17. The summed E-state index contributed by atoms with van der Waals surface area (Å²) in [5.74, 6) is 0.168. The minimum Gasteiger partial charge on any atom is -0.423 e. The molecule has 98 valence electrons. The van der Waals surface area contributed by atoms with Crippen LogP contribution in [-0.4, -0.2) is 13.4 Å². The summed E-state index contributed by atoms with van der Waals surface area (Å²) in [5.41, 5.74) is 1.42. The molecule has 0 radical (unpaired) electrons. The van der Waals surface area contributed by atoms with Crippen LogP contribution in [0.15, 0.2) is 36.9 Å². The molecule has 0 spiro atoms. The van der Waals surface area contributed by atoms with Crippen LogP contribution < -0.4 is 4.74 Å². The minimum absolute atomic E-state index is 0.405. The molecule has 0 aliphatic rings. The van der Waals surface area contributed by atoms with E-state index in [9.17, 15) is 4.79 Å². The van der Waals surface area contributed by atoms with Crippen molar-refractivity contribution in [2.45, 2.75) is 32.0 Å². The Morgan fingerprint density at radius 1 is 1.50 bits per heavy atom. The second-order valence-corrected chi connectivity index (χ2v) is 11.9. The van der Waals surface area contributed by atoms with Crippen LogP contribution in [0.5, 0.6) is 5.75 Å². The summed E-state index contributed by atoms with van der Waals surface area (Å²) in [6.45, 7) is 9.79. The molecular formula is C14H19ClO2Si. The smallest absolute Gasteiger partial charge is 0.335 e. The third-order valence-corrected chi connectivity index (χ3v) is 6.71. The monoisotopic (exact) mass is 282 g/mol. The first-order valence-electron chi connectivity index (χ1n) is 5.95. The van der Waals surface area contributed by atoms with Gasteiger partial charge in [-0.1, -0.05) is 44.8 Å². The number of carbonyl (C=O) groups excluding carboxylic acids is 1. The largest absolute Gasteiger partial charge is 0.423 e. The zero-order valence-electron chi connectivity index (χ0n) is 11.1. The summed E-state index contributed by atoms with van der Waals surface area (Å²) in [6, 6.07) is 7.56. The average Bonchev–Trinajstić information content (AvgIpc) is 2.30. The molecule has 1 aromatic carbocycles. The number of benzene rings is 1. The van der Waals surface area contributed by atoms with E-state index in [1.54, 1.807) is 6.07 Å². The number of ether oxygens (including phenoxy) is 1. The maximum absolute atomic E-state index is 11.3. The molecule has 0 aromatic heterocycles. The Bertz CT molecular complexity index is 438. The van der Waals surface area contributed by atoms with Gasteiger partial charge in [-0.25, -0.2) is 4.79 Å². The molecule has 0 heterocycles. The zero-order chi connectivity index (χ0) is 13.8. The molecule has 0 saturated heterocycles. The number of para-hydroxylation sites is 1. The lowest BCUT2D eigenvalue weighted by Gasteiger charge is -2.23. The summed E-state index contributed by atoms with van der Waals surface area (Å²) >= 11 is 6.43. The summed E-state index contributed by atoms with van der Waals surface area (Å²) in [7, 11) is -1.70. The molecule has 2 nitrogen and oxygen atoms in total. The van der Waals surface area contributed by atoms with Crippen LogP contribution in [0, 0.1) is 0 Å². The van der Waals surface area contributed by atoms with Crippen LogP contribution in [0.3, 0.4) is 0 Å². The van der Waals surface area contributed by atoms with Crippen LogP contribution in [0.4, 0.5) is 0 Å². The van der Waals surface area contributed by atoms with Gasteiger partial charge in [0.25, 0.3) is 0 Å². The van der Waals surface area contributed by atoms with E-state index in [2.05, 4.69) is 26.6 Å². The normalized spacial score (nSPS) is 12.9. The van der Waals surface area contributed by atoms with Crippen LogP contribution in [0.2, 0.25) is 18.6 Å². The van der Waals surface area contributed by atoms with E-state index in [1.165, 1.54) is 6.08 Å². The fraction of sp³-hybridized carbons (Fsp3) is 0.357. The Morgan fingerprint density at radius 3 is 2.67 bits per heavy atom. The molecule has 1 unspecified atom stereocenters. The van der Waals surface area contributed by atoms with Gasteiger partial charge < -0.3 is 4.74 Å². The first-order valence-corrected chi connectivity index (χ1v) is 10.0. The summed E-state index contributed by atoms with van der Waals surface area (Å²) in [5, 5.41) is 0. The van der Waals surface area contributed by atoms with Crippen LogP contribution in [-0.2, 0) is 11.2 Å². The number of halogens is 1. The maximum Gasteiger partial charge on any atom is 0.335 e. The van der Waals surface area contributed by atoms with E-state index in [0.717, 1.165) is 12.0 Å². The van der Waals surface area contributed by atoms with E-state index in [1.807, 2.05) is 18.2 Å². The highest BCUT2D eigenvalue weighted by molar-refractivity contribution is 7.19. The lowest BCUT2D eigenvalue weighted by Crippen LogP contribution is -2.24. The van der Waals surface area contributed by atoms with Crippen LogP contribution in [0.25, 0.3) is 0 Å². The average molecular weight is 283 g/mol. The molecule has 1 aromatic rings. The van der Waals surface area contributed by atoms with E-state index in [4.69, 9.17) is 15.8 Å². The van der Waals surface area contributed by atoms with Crippen molar-refractivity contribution in [3.05, 3.63) is 42.5 Å². The van der Waals surface area contributed by atoms with Crippen molar-refractivity contribution >= 4 is 24.4 Å². The van der Waals surface area contributed by atoms with Crippen molar-refractivity contribution < 1.29 is 9.53 Å². The molecule has 18 heavy (non-hydrogen) atoms. The van der Waals surface area contributed by atoms with Gasteiger partial charge in [0.15, 0.2) is 7.38 Å². The first kappa shape index (κ1) is 15.0. The van der Waals surface area contributed by atoms with E-state index in [-0.39, 0.29) is 0 Å². The third-order valence-electron chi connectivity index (χ3n) is 3.05. The highest BCUT2D eigenvalue weighted by Crippen LogP contribution is 2.31. The maximum atomic E-state index is 11.3. The van der Waals surface area contributed by atoms with E-state index >= 15 is 0 Å². The van der Waals surface area contributed by atoms with Gasteiger partial charge in [-0.2, -0.15) is 11.1 Å². The molecule has 1 rings (SSSR count). The molecule has 1 atom stereocenters. The fourth-order valence-corrected chi connectivity index (χ4v) is 2.43. The van der Waals surface area contributed by atoms with Gasteiger partial charge in [0.1, 0.15) is 5.75 Å². The molecule has 0 aliphatic carbocycles. The van der Waals surface area contributed by atoms with Crippen molar-refractivity contribution in [2.75, 3.05) is 0 Å². The minimum atomic E-state index is -1.70. The van der Waals surface area contributed by atoms with Crippen molar-refractivity contribution in [1.29, 1.82) is 0 Å². The Morgan fingerprint density at radius 2 is 2.11 bits per heavy atom. The molecule has 4 heteroatoms. The topological polar surface area (TPSA) is 26.3 Å². The SMILES string of the molecule is C=CC(=O)Oc1ccccc1CC(C)[Si](C)(C)Cl. The second-order valence-electron chi connectivity index (χ2n) is 4.90. The zero-order valence-corrected chi connectivity index (χ0v) is 12.8. The highest BCUT2D eigenvalue weighted by Gasteiger charge is 2.26. The molecule has 0 aliphatic heterocycles. The van der Waals surface area contributed by atoms with Gasteiger partial charge in [-0.15, -0.1) is 0 Å². The number of esters is 1. The predicted octanol–water partition coefficient (Wildman–Crippen LogP) is 4.15. The van der Waals surface area contributed by atoms with Crippen LogP contribution >= 0.6 is 11.1 Å². The second kappa shape index (κ2) is 6.21. The Labute approximate surface area is 114 Å². The lowest BCUT2D eigenvalue weighted by atomic mass is 10.1. The summed E-state index contributed by atoms with van der Waals surface area (Å²) < 4.78 is 5.22.